The van der Waals surface area contributed by atoms with E-state index in [1.165, 1.54) is 0 Å². The van der Waals surface area contributed by atoms with Gasteiger partial charge in [-0.3, -0.25) is 9.36 Å². The van der Waals surface area contributed by atoms with E-state index in [2.05, 4.69) is 20.7 Å². The van der Waals surface area contributed by atoms with Crippen LogP contribution in [-0.4, -0.2) is 31.8 Å². The van der Waals surface area contributed by atoms with Crippen molar-refractivity contribution in [3.05, 3.63) is 29.3 Å². The van der Waals surface area contributed by atoms with E-state index in [1.807, 2.05) is 13.2 Å². The van der Waals surface area contributed by atoms with Crippen molar-refractivity contribution in [2.45, 2.75) is 19.6 Å². The Morgan fingerprint density at radius 1 is 1.31 bits per heavy atom. The number of aryl methyl sites for hydroxylation is 2. The average molecular weight is 241 g/mol. The highest BCUT2D eigenvalue weighted by Gasteiger charge is 2.00. The average Bonchev–Trinajstić information content (AvgIpc) is 2.85. The van der Waals surface area contributed by atoms with Crippen molar-refractivity contribution in [2.75, 3.05) is 7.05 Å². The summed E-state index contributed by atoms with van der Waals surface area (Å²) in [5.41, 5.74) is 0.931. The summed E-state index contributed by atoms with van der Waals surface area (Å²) in [6.45, 7) is 2.19. The lowest BCUT2D eigenvalue weighted by Crippen LogP contribution is -2.08. The zero-order chi connectivity index (χ0) is 11.4. The lowest BCUT2D eigenvalue weighted by atomic mass is 10.5. The minimum atomic E-state index is 0.648. The standard InChI is InChI=1S/C9H13ClN6/c1-11-5-9-7-16(14-13-9)3-2-15-6-8(10)4-12-15/h4,6-7,11H,2-3,5H2,1H3. The van der Waals surface area contributed by atoms with Crippen LogP contribution in [0, 0.1) is 0 Å². The molecule has 0 bridgehead atoms. The Balaban J connectivity index is 1.89. The lowest BCUT2D eigenvalue weighted by Gasteiger charge is -2.00. The molecule has 6 nitrogen and oxygen atoms in total. The molecule has 86 valence electrons. The van der Waals surface area contributed by atoms with Crippen molar-refractivity contribution >= 4 is 11.6 Å². The van der Waals surface area contributed by atoms with E-state index in [0.29, 0.717) is 5.02 Å². The summed E-state index contributed by atoms with van der Waals surface area (Å²) in [6, 6.07) is 0. The Labute approximate surface area is 98.2 Å². The van der Waals surface area contributed by atoms with Crippen LogP contribution < -0.4 is 5.32 Å². The Bertz CT molecular complexity index is 448. The third-order valence-corrected chi connectivity index (χ3v) is 2.30. The first-order valence-electron chi connectivity index (χ1n) is 4.99. The molecule has 0 aromatic carbocycles. The van der Waals surface area contributed by atoms with Gasteiger partial charge in [-0.25, -0.2) is 0 Å². The molecule has 0 unspecified atom stereocenters. The molecule has 1 N–H and O–H groups in total. The fourth-order valence-corrected chi connectivity index (χ4v) is 1.53. The molecule has 0 amide bonds. The summed E-state index contributed by atoms with van der Waals surface area (Å²) >= 11 is 5.76. The van der Waals surface area contributed by atoms with Crippen molar-refractivity contribution in [3.63, 3.8) is 0 Å². The van der Waals surface area contributed by atoms with Gasteiger partial charge in [-0.05, 0) is 7.05 Å². The first kappa shape index (κ1) is 11.1. The van der Waals surface area contributed by atoms with Gasteiger partial charge in [0.25, 0.3) is 0 Å². The van der Waals surface area contributed by atoms with Crippen molar-refractivity contribution < 1.29 is 0 Å². The van der Waals surface area contributed by atoms with Gasteiger partial charge >= 0.3 is 0 Å². The molecule has 2 heterocycles. The van der Waals surface area contributed by atoms with E-state index in [1.54, 1.807) is 21.8 Å². The molecule has 2 aromatic rings. The van der Waals surface area contributed by atoms with E-state index < -0.39 is 0 Å². The number of rotatable bonds is 5. The van der Waals surface area contributed by atoms with Crippen LogP contribution >= 0.6 is 11.6 Å². The minimum Gasteiger partial charge on any atom is -0.314 e. The maximum Gasteiger partial charge on any atom is 0.0964 e. The Morgan fingerprint density at radius 3 is 2.81 bits per heavy atom. The monoisotopic (exact) mass is 240 g/mol. The molecule has 0 spiro atoms. The maximum atomic E-state index is 5.76. The second-order valence-electron chi connectivity index (χ2n) is 3.42. The maximum absolute atomic E-state index is 5.76. The van der Waals surface area contributed by atoms with Crippen LogP contribution in [-0.2, 0) is 19.6 Å². The van der Waals surface area contributed by atoms with Crippen LogP contribution in [0.5, 0.6) is 0 Å². The first-order valence-corrected chi connectivity index (χ1v) is 5.37. The van der Waals surface area contributed by atoms with Crippen molar-refractivity contribution in [3.8, 4) is 0 Å². The lowest BCUT2D eigenvalue weighted by molar-refractivity contribution is 0.490. The largest absolute Gasteiger partial charge is 0.314 e. The number of nitrogens with zero attached hydrogens (tertiary/aromatic N) is 5. The predicted molar refractivity (Wildman–Crippen MR) is 60.0 cm³/mol. The van der Waals surface area contributed by atoms with Crippen LogP contribution in [0.3, 0.4) is 0 Å². The Hall–Kier alpha value is -1.40. The van der Waals surface area contributed by atoms with Crippen molar-refractivity contribution in [1.82, 2.24) is 30.1 Å². The summed E-state index contributed by atoms with van der Waals surface area (Å²) in [6.07, 6.45) is 5.32. The molecule has 0 radical (unpaired) electrons. The number of hydrogen-bond donors (Lipinski definition) is 1. The second kappa shape index (κ2) is 5.09. The molecule has 2 rings (SSSR count). The number of aromatic nitrogens is 5. The van der Waals surface area contributed by atoms with Crippen LogP contribution in [0.15, 0.2) is 18.6 Å². The summed E-state index contributed by atoms with van der Waals surface area (Å²) in [5.74, 6) is 0. The van der Waals surface area contributed by atoms with E-state index in [0.717, 1.165) is 25.3 Å². The van der Waals surface area contributed by atoms with Crippen LogP contribution in [0.4, 0.5) is 0 Å². The summed E-state index contributed by atoms with van der Waals surface area (Å²) in [7, 11) is 1.88. The second-order valence-corrected chi connectivity index (χ2v) is 3.86. The molecular weight excluding hydrogens is 228 g/mol. The summed E-state index contributed by atoms with van der Waals surface area (Å²) < 4.78 is 3.57. The number of halogens is 1. The Kier molecular flexibility index (Phi) is 3.53. The zero-order valence-electron chi connectivity index (χ0n) is 8.97. The molecule has 0 aliphatic heterocycles. The first-order chi connectivity index (χ1) is 7.78. The fourth-order valence-electron chi connectivity index (χ4n) is 1.38. The molecule has 0 saturated carbocycles. The molecule has 0 aliphatic rings. The smallest absolute Gasteiger partial charge is 0.0964 e. The van der Waals surface area contributed by atoms with Gasteiger partial charge in [-0.1, -0.05) is 16.8 Å². The molecule has 16 heavy (non-hydrogen) atoms. The fraction of sp³-hybridized carbons (Fsp3) is 0.444. The Morgan fingerprint density at radius 2 is 2.12 bits per heavy atom. The third kappa shape index (κ3) is 2.80. The molecule has 0 fully saturated rings. The van der Waals surface area contributed by atoms with Gasteiger partial charge in [-0.2, -0.15) is 5.10 Å². The molecule has 2 aromatic heterocycles. The van der Waals surface area contributed by atoms with Crippen molar-refractivity contribution in [1.29, 1.82) is 0 Å². The van der Waals surface area contributed by atoms with Gasteiger partial charge in [0.2, 0.25) is 0 Å². The SMILES string of the molecule is CNCc1cn(CCn2cc(Cl)cn2)nn1. The van der Waals surface area contributed by atoms with Crippen LogP contribution in [0.2, 0.25) is 5.02 Å². The predicted octanol–water partition coefficient (Wildman–Crippen LogP) is 0.548. The number of nitrogens with one attached hydrogen (secondary N) is 1. The van der Waals surface area contributed by atoms with Gasteiger partial charge < -0.3 is 5.32 Å². The highest BCUT2D eigenvalue weighted by molar-refractivity contribution is 6.30. The van der Waals surface area contributed by atoms with Gasteiger partial charge in [0.15, 0.2) is 0 Å². The van der Waals surface area contributed by atoms with Crippen LogP contribution in [0.25, 0.3) is 0 Å². The zero-order valence-corrected chi connectivity index (χ0v) is 9.72. The van der Waals surface area contributed by atoms with Gasteiger partial charge in [0.05, 0.1) is 30.0 Å². The topological polar surface area (TPSA) is 60.6 Å². The summed E-state index contributed by atoms with van der Waals surface area (Å²) in [5, 5.41) is 15.8. The van der Waals surface area contributed by atoms with E-state index in [9.17, 15) is 0 Å². The highest BCUT2D eigenvalue weighted by Crippen LogP contribution is 2.04. The normalized spacial score (nSPS) is 10.9. The van der Waals surface area contributed by atoms with E-state index in [4.69, 9.17) is 11.6 Å². The van der Waals surface area contributed by atoms with Crippen molar-refractivity contribution in [2.24, 2.45) is 0 Å². The minimum absolute atomic E-state index is 0.648. The van der Waals surface area contributed by atoms with Crippen LogP contribution in [0.1, 0.15) is 5.69 Å². The number of hydrogen-bond acceptors (Lipinski definition) is 4. The molecule has 0 saturated heterocycles. The third-order valence-electron chi connectivity index (χ3n) is 2.10. The molecular formula is C9H13ClN6. The molecule has 0 aliphatic carbocycles. The summed E-state index contributed by atoms with van der Waals surface area (Å²) in [4.78, 5) is 0. The van der Waals surface area contributed by atoms with E-state index in [-0.39, 0.29) is 0 Å². The van der Waals surface area contributed by atoms with Gasteiger partial charge in [0.1, 0.15) is 0 Å². The van der Waals surface area contributed by atoms with Gasteiger partial charge in [0, 0.05) is 18.9 Å². The molecule has 0 atom stereocenters. The highest BCUT2D eigenvalue weighted by atomic mass is 35.5. The molecule has 7 heteroatoms. The van der Waals surface area contributed by atoms with E-state index >= 15 is 0 Å². The van der Waals surface area contributed by atoms with Gasteiger partial charge in [-0.15, -0.1) is 5.10 Å². The quantitative estimate of drug-likeness (QED) is 0.829.